The zero-order chi connectivity index (χ0) is 27.0. The quantitative estimate of drug-likeness (QED) is 0.309. The van der Waals surface area contributed by atoms with Crippen molar-refractivity contribution in [1.29, 1.82) is 0 Å². The Morgan fingerprint density at radius 2 is 1.84 bits per heavy atom. The highest BCUT2D eigenvalue weighted by Gasteiger charge is 2.44. The van der Waals surface area contributed by atoms with Crippen molar-refractivity contribution in [1.82, 2.24) is 5.32 Å². The van der Waals surface area contributed by atoms with Gasteiger partial charge in [0.2, 0.25) is 5.90 Å². The van der Waals surface area contributed by atoms with Crippen LogP contribution in [-0.2, 0) is 22.5 Å². The Bertz CT molecular complexity index is 1280. The smallest absolute Gasteiger partial charge is 0.252 e. The number of carbonyl (C=O) groups excluding carboxylic acids is 1. The summed E-state index contributed by atoms with van der Waals surface area (Å²) in [5.41, 5.74) is 1.43. The number of aliphatic hydroxyl groups is 1. The lowest BCUT2D eigenvalue weighted by Crippen LogP contribution is -2.48. The first-order chi connectivity index (χ1) is 18.5. The maximum Gasteiger partial charge on any atom is 0.252 e. The molecule has 1 atom stereocenters. The lowest BCUT2D eigenvalue weighted by Gasteiger charge is -2.24. The molecule has 8 nitrogen and oxygen atoms in total. The van der Waals surface area contributed by atoms with Gasteiger partial charge in [-0.25, -0.2) is 4.99 Å². The van der Waals surface area contributed by atoms with E-state index in [0.29, 0.717) is 49.1 Å². The second kappa shape index (κ2) is 12.8. The molecule has 0 saturated heterocycles. The number of carbonyl (C=O) groups is 1. The monoisotopic (exact) mass is 582 g/mol. The molecule has 1 heterocycles. The van der Waals surface area contributed by atoms with Crippen molar-refractivity contribution < 1.29 is 28.8 Å². The van der Waals surface area contributed by atoms with Crippen molar-refractivity contribution in [2.24, 2.45) is 4.99 Å². The van der Waals surface area contributed by atoms with E-state index < -0.39 is 5.54 Å². The summed E-state index contributed by atoms with van der Waals surface area (Å²) >= 11 is 3.60. The second-order valence-electron chi connectivity index (χ2n) is 8.83. The number of hydrogen-bond donors (Lipinski definition) is 2. The average Bonchev–Trinajstić information content (AvgIpc) is 3.38. The predicted molar refractivity (Wildman–Crippen MR) is 148 cm³/mol. The van der Waals surface area contributed by atoms with Crippen LogP contribution in [0.4, 0.5) is 0 Å². The molecule has 3 aromatic rings. The van der Waals surface area contributed by atoms with E-state index in [2.05, 4.69) is 21.2 Å². The summed E-state index contributed by atoms with van der Waals surface area (Å²) < 4.78 is 23.2. The minimum absolute atomic E-state index is 0.0798. The minimum atomic E-state index is -1.15. The van der Waals surface area contributed by atoms with Crippen LogP contribution in [0.3, 0.4) is 0 Å². The molecule has 1 aliphatic heterocycles. The zero-order valence-corrected chi connectivity index (χ0v) is 23.0. The molecule has 1 amide bonds. The maximum atomic E-state index is 13.7. The predicted octanol–water partition coefficient (Wildman–Crippen LogP) is 4.30. The molecule has 0 aliphatic carbocycles. The lowest BCUT2D eigenvalue weighted by atomic mass is 9.91. The number of benzene rings is 3. The first-order valence-corrected chi connectivity index (χ1v) is 13.1. The van der Waals surface area contributed by atoms with Crippen molar-refractivity contribution >= 4 is 27.7 Å². The summed E-state index contributed by atoms with van der Waals surface area (Å²) in [7, 11) is 3.16. The van der Waals surface area contributed by atoms with Crippen LogP contribution < -0.4 is 19.5 Å². The molecule has 4 rings (SSSR count). The molecule has 0 radical (unpaired) electrons. The van der Waals surface area contributed by atoms with Crippen molar-refractivity contribution in [3.63, 3.8) is 0 Å². The molecule has 200 valence electrons. The number of aliphatic hydroxyl groups excluding tert-OH is 1. The van der Waals surface area contributed by atoms with Gasteiger partial charge in [0, 0.05) is 36.0 Å². The van der Waals surface area contributed by atoms with Crippen molar-refractivity contribution in [3.8, 4) is 17.2 Å². The molecule has 0 saturated carbocycles. The van der Waals surface area contributed by atoms with Crippen LogP contribution in [0, 0.1) is 0 Å². The third-order valence-electron chi connectivity index (χ3n) is 6.20. The SMILES string of the molecule is COc1ccc(CNC(=O)[C@@]2(Cc3ccccc3Br)COC(c3ccc(OCCCO)cc3)=N2)cc1OC. The molecule has 9 heteroatoms. The number of halogens is 1. The fourth-order valence-electron chi connectivity index (χ4n) is 4.12. The number of nitrogens with zero attached hydrogens (tertiary/aromatic N) is 1. The third kappa shape index (κ3) is 6.46. The molecule has 1 aliphatic rings. The van der Waals surface area contributed by atoms with Gasteiger partial charge in [-0.2, -0.15) is 0 Å². The summed E-state index contributed by atoms with van der Waals surface area (Å²) in [6.07, 6.45) is 0.922. The average molecular weight is 583 g/mol. The van der Waals surface area contributed by atoms with Gasteiger partial charge in [-0.05, 0) is 53.6 Å². The Morgan fingerprint density at radius 1 is 1.08 bits per heavy atom. The molecule has 2 N–H and O–H groups in total. The number of rotatable bonds is 12. The van der Waals surface area contributed by atoms with E-state index in [1.165, 1.54) is 0 Å². The number of hydrogen-bond acceptors (Lipinski definition) is 7. The molecule has 3 aromatic carbocycles. The van der Waals surface area contributed by atoms with E-state index in [9.17, 15) is 4.79 Å². The molecule has 0 fully saturated rings. The van der Waals surface area contributed by atoms with Gasteiger partial charge >= 0.3 is 0 Å². The number of nitrogens with one attached hydrogen (secondary N) is 1. The van der Waals surface area contributed by atoms with E-state index >= 15 is 0 Å². The first-order valence-electron chi connectivity index (χ1n) is 12.3. The van der Waals surface area contributed by atoms with E-state index in [-0.39, 0.29) is 19.1 Å². The number of amides is 1. The van der Waals surface area contributed by atoms with Crippen LogP contribution in [0.15, 0.2) is 76.2 Å². The highest BCUT2D eigenvalue weighted by atomic mass is 79.9. The van der Waals surface area contributed by atoms with Gasteiger partial charge in [-0.1, -0.05) is 40.2 Å². The summed E-state index contributed by atoms with van der Waals surface area (Å²) in [4.78, 5) is 18.5. The van der Waals surface area contributed by atoms with Crippen LogP contribution in [0.2, 0.25) is 0 Å². The van der Waals surface area contributed by atoms with Crippen LogP contribution >= 0.6 is 15.9 Å². The zero-order valence-electron chi connectivity index (χ0n) is 21.4. The largest absolute Gasteiger partial charge is 0.494 e. The molecule has 0 bridgehead atoms. The van der Waals surface area contributed by atoms with Crippen molar-refractivity contribution in [3.05, 3.63) is 87.9 Å². The van der Waals surface area contributed by atoms with Crippen molar-refractivity contribution in [2.75, 3.05) is 34.0 Å². The van der Waals surface area contributed by atoms with Gasteiger partial charge in [-0.15, -0.1) is 0 Å². The van der Waals surface area contributed by atoms with Gasteiger partial charge in [0.25, 0.3) is 5.91 Å². The minimum Gasteiger partial charge on any atom is -0.494 e. The molecule has 0 spiro atoms. The Kier molecular flexibility index (Phi) is 9.25. The lowest BCUT2D eigenvalue weighted by molar-refractivity contribution is -0.126. The van der Waals surface area contributed by atoms with Gasteiger partial charge in [0.05, 0.1) is 20.8 Å². The van der Waals surface area contributed by atoms with Crippen LogP contribution in [0.1, 0.15) is 23.1 Å². The van der Waals surface area contributed by atoms with Gasteiger partial charge < -0.3 is 29.4 Å². The number of methoxy groups -OCH3 is 2. The second-order valence-corrected chi connectivity index (χ2v) is 9.68. The maximum absolute atomic E-state index is 13.7. The van der Waals surface area contributed by atoms with Crippen LogP contribution in [-0.4, -0.2) is 56.5 Å². The fraction of sp³-hybridized carbons (Fsp3) is 0.310. The summed E-state index contributed by atoms with van der Waals surface area (Å²) in [6, 6.07) is 20.7. The molecular formula is C29H31BrN2O6. The van der Waals surface area contributed by atoms with E-state index in [1.54, 1.807) is 14.2 Å². The Labute approximate surface area is 230 Å². The summed E-state index contributed by atoms with van der Waals surface area (Å²) in [5, 5.41) is 12.0. The number of aliphatic imine (C=N–C) groups is 1. The van der Waals surface area contributed by atoms with Crippen molar-refractivity contribution in [2.45, 2.75) is 24.9 Å². The topological polar surface area (TPSA) is 98.6 Å². The highest BCUT2D eigenvalue weighted by Crippen LogP contribution is 2.31. The third-order valence-corrected chi connectivity index (χ3v) is 6.97. The van der Waals surface area contributed by atoms with Gasteiger partial charge in [-0.3, -0.25) is 4.79 Å². The highest BCUT2D eigenvalue weighted by molar-refractivity contribution is 9.10. The van der Waals surface area contributed by atoms with Gasteiger partial charge in [0.1, 0.15) is 12.4 Å². The van der Waals surface area contributed by atoms with E-state index in [0.717, 1.165) is 21.2 Å². The molecular weight excluding hydrogens is 552 g/mol. The molecule has 0 aromatic heterocycles. The van der Waals surface area contributed by atoms with Crippen LogP contribution in [0.5, 0.6) is 17.2 Å². The summed E-state index contributed by atoms with van der Waals surface area (Å²) in [6.45, 7) is 0.914. The molecule has 38 heavy (non-hydrogen) atoms. The number of ether oxygens (including phenoxy) is 4. The van der Waals surface area contributed by atoms with Crippen LogP contribution in [0.25, 0.3) is 0 Å². The Morgan fingerprint density at radius 3 is 2.55 bits per heavy atom. The van der Waals surface area contributed by atoms with E-state index in [4.69, 9.17) is 29.0 Å². The van der Waals surface area contributed by atoms with E-state index in [1.807, 2.05) is 66.7 Å². The Balaban J connectivity index is 1.56. The first kappa shape index (κ1) is 27.5. The summed E-state index contributed by atoms with van der Waals surface area (Å²) in [5.74, 6) is 2.07. The standard InChI is InChI=1S/C29H31BrN2O6/c1-35-25-13-8-20(16-26(25)36-2)18-31-28(34)29(17-22-6-3-4-7-24(22)30)19-38-27(32-29)21-9-11-23(12-10-21)37-15-5-14-33/h3-4,6-13,16,33H,5,14-15,17-19H2,1-2H3,(H,31,34)/t29-/m1/s1. The Hall–Kier alpha value is -3.56. The molecule has 0 unspecified atom stereocenters. The van der Waals surface area contributed by atoms with Gasteiger partial charge in [0.15, 0.2) is 17.0 Å². The normalized spacial score (nSPS) is 16.4. The fourth-order valence-corrected chi connectivity index (χ4v) is 4.55.